The van der Waals surface area contributed by atoms with Crippen LogP contribution in [0.4, 0.5) is 10.8 Å². The Morgan fingerprint density at radius 2 is 1.78 bits per heavy atom. The van der Waals surface area contributed by atoms with Crippen LogP contribution in [-0.2, 0) is 17.8 Å². The molecule has 0 aliphatic rings. The number of fused-ring (bicyclic) bond motifs is 2. The highest BCUT2D eigenvalue weighted by atomic mass is 32.1. The summed E-state index contributed by atoms with van der Waals surface area (Å²) in [6.45, 7) is 2.32. The Hall–Kier alpha value is -3.71. The Kier molecular flexibility index (Phi) is 5.33. The van der Waals surface area contributed by atoms with Gasteiger partial charge in [-0.05, 0) is 48.4 Å². The van der Waals surface area contributed by atoms with E-state index in [1.54, 1.807) is 11.0 Å². The molecule has 0 aliphatic carbocycles. The van der Waals surface area contributed by atoms with Gasteiger partial charge in [-0.25, -0.2) is 9.78 Å². The molecule has 0 spiro atoms. The third-order valence-corrected chi connectivity index (χ3v) is 6.47. The summed E-state index contributed by atoms with van der Waals surface area (Å²) < 4.78 is 7.82. The number of anilines is 2. The standard InChI is InChI=1S/C25H21N3O3S/c1-2-17-11-13-18(14-12-17)28(24-26-19-7-3-6-10-22(19)32-24)23(29)15-16-27-20-8-4-5-9-21(20)31-25(27)30/h3-14H,2,15-16H2,1H3. The molecule has 0 fully saturated rings. The highest BCUT2D eigenvalue weighted by molar-refractivity contribution is 7.22. The number of thiazole rings is 1. The molecule has 1 amide bonds. The first-order chi connectivity index (χ1) is 15.6. The van der Waals surface area contributed by atoms with E-state index in [0.29, 0.717) is 16.2 Å². The average Bonchev–Trinajstić information content (AvgIpc) is 3.38. The predicted octanol–water partition coefficient (Wildman–Crippen LogP) is 5.52. The lowest BCUT2D eigenvalue weighted by Crippen LogP contribution is -2.28. The maximum absolute atomic E-state index is 13.5. The van der Waals surface area contributed by atoms with Crippen molar-refractivity contribution in [1.82, 2.24) is 9.55 Å². The number of carbonyl (C=O) groups excluding carboxylic acids is 1. The first-order valence-electron chi connectivity index (χ1n) is 10.5. The van der Waals surface area contributed by atoms with E-state index in [4.69, 9.17) is 9.40 Å². The van der Waals surface area contributed by atoms with Crippen LogP contribution in [0.15, 0.2) is 82.0 Å². The van der Waals surface area contributed by atoms with E-state index >= 15 is 0 Å². The number of hydrogen-bond donors (Lipinski definition) is 0. The van der Waals surface area contributed by atoms with Crippen molar-refractivity contribution < 1.29 is 9.21 Å². The van der Waals surface area contributed by atoms with Gasteiger partial charge in [-0.3, -0.25) is 14.3 Å². The van der Waals surface area contributed by atoms with Crippen LogP contribution >= 0.6 is 11.3 Å². The molecule has 0 radical (unpaired) electrons. The molecule has 2 aromatic heterocycles. The highest BCUT2D eigenvalue weighted by Crippen LogP contribution is 2.34. The summed E-state index contributed by atoms with van der Waals surface area (Å²) in [5.41, 5.74) is 4.01. The Morgan fingerprint density at radius 3 is 2.56 bits per heavy atom. The number of nitrogens with zero attached hydrogens (tertiary/aromatic N) is 3. The summed E-state index contributed by atoms with van der Waals surface area (Å²) in [4.78, 5) is 32.1. The average molecular weight is 444 g/mol. The predicted molar refractivity (Wildman–Crippen MR) is 128 cm³/mol. The molecule has 6 nitrogen and oxygen atoms in total. The molecule has 0 N–H and O–H groups in total. The van der Waals surface area contributed by atoms with Gasteiger partial charge in [0, 0.05) is 13.0 Å². The highest BCUT2D eigenvalue weighted by Gasteiger charge is 2.22. The molecule has 5 rings (SSSR count). The van der Waals surface area contributed by atoms with Crippen LogP contribution in [0.3, 0.4) is 0 Å². The second-order valence-electron chi connectivity index (χ2n) is 7.45. The van der Waals surface area contributed by atoms with Gasteiger partial charge in [0.05, 0.1) is 21.4 Å². The minimum Gasteiger partial charge on any atom is -0.408 e. The maximum Gasteiger partial charge on any atom is 0.419 e. The van der Waals surface area contributed by atoms with Crippen LogP contribution in [-0.4, -0.2) is 15.5 Å². The fourth-order valence-corrected chi connectivity index (χ4v) is 4.75. The van der Waals surface area contributed by atoms with Crippen molar-refractivity contribution in [2.45, 2.75) is 26.3 Å². The molecule has 7 heteroatoms. The minimum absolute atomic E-state index is 0.134. The zero-order valence-electron chi connectivity index (χ0n) is 17.5. The van der Waals surface area contributed by atoms with Crippen molar-refractivity contribution in [1.29, 1.82) is 0 Å². The third kappa shape index (κ3) is 3.71. The number of amides is 1. The van der Waals surface area contributed by atoms with Gasteiger partial charge in [-0.2, -0.15) is 0 Å². The molecule has 0 aliphatic heterocycles. The summed E-state index contributed by atoms with van der Waals surface area (Å²) in [5, 5.41) is 0.616. The fourth-order valence-electron chi connectivity index (χ4n) is 3.74. The summed E-state index contributed by atoms with van der Waals surface area (Å²) in [5.74, 6) is -0.594. The van der Waals surface area contributed by atoms with Crippen molar-refractivity contribution in [2.24, 2.45) is 0 Å². The van der Waals surface area contributed by atoms with Crippen molar-refractivity contribution in [3.63, 3.8) is 0 Å². The summed E-state index contributed by atoms with van der Waals surface area (Å²) in [6, 6.07) is 23.0. The minimum atomic E-state index is -0.460. The Labute approximate surface area is 188 Å². The smallest absolute Gasteiger partial charge is 0.408 e. The number of oxazole rings is 1. The first-order valence-corrected chi connectivity index (χ1v) is 11.3. The largest absolute Gasteiger partial charge is 0.419 e. The molecule has 0 saturated heterocycles. The monoisotopic (exact) mass is 443 g/mol. The number of aryl methyl sites for hydroxylation is 2. The van der Waals surface area contributed by atoms with Gasteiger partial charge in [0.2, 0.25) is 5.91 Å². The van der Waals surface area contributed by atoms with E-state index in [1.165, 1.54) is 21.5 Å². The van der Waals surface area contributed by atoms with Crippen LogP contribution in [0.1, 0.15) is 18.9 Å². The topological polar surface area (TPSA) is 68.3 Å². The van der Waals surface area contributed by atoms with Gasteiger partial charge in [0.1, 0.15) is 0 Å². The van der Waals surface area contributed by atoms with Crippen LogP contribution in [0.2, 0.25) is 0 Å². The van der Waals surface area contributed by atoms with Gasteiger partial charge in [0.25, 0.3) is 0 Å². The molecule has 3 aromatic carbocycles. The normalized spacial score (nSPS) is 11.3. The van der Waals surface area contributed by atoms with Crippen LogP contribution in [0, 0.1) is 0 Å². The quantitative estimate of drug-likeness (QED) is 0.346. The molecule has 32 heavy (non-hydrogen) atoms. The lowest BCUT2D eigenvalue weighted by Gasteiger charge is -2.20. The lowest BCUT2D eigenvalue weighted by molar-refractivity contribution is -0.118. The number of para-hydroxylation sites is 3. The van der Waals surface area contributed by atoms with Gasteiger partial charge < -0.3 is 4.42 Å². The zero-order valence-corrected chi connectivity index (χ0v) is 18.3. The summed E-state index contributed by atoms with van der Waals surface area (Å²) in [6.07, 6.45) is 1.06. The van der Waals surface area contributed by atoms with Crippen molar-refractivity contribution >= 4 is 49.4 Å². The van der Waals surface area contributed by atoms with Crippen LogP contribution < -0.4 is 10.7 Å². The molecule has 0 atom stereocenters. The van der Waals surface area contributed by atoms with Gasteiger partial charge in [-0.15, -0.1) is 0 Å². The number of carbonyl (C=O) groups is 1. The van der Waals surface area contributed by atoms with E-state index < -0.39 is 5.76 Å². The molecule has 0 saturated carbocycles. The number of aromatic nitrogens is 2. The molecular weight excluding hydrogens is 422 g/mol. The van der Waals surface area contributed by atoms with Gasteiger partial charge in [0.15, 0.2) is 10.7 Å². The van der Waals surface area contributed by atoms with E-state index in [9.17, 15) is 9.59 Å². The van der Waals surface area contributed by atoms with Gasteiger partial charge >= 0.3 is 5.76 Å². The molecule has 0 bridgehead atoms. The van der Waals surface area contributed by atoms with Crippen molar-refractivity contribution in [2.75, 3.05) is 4.90 Å². The van der Waals surface area contributed by atoms with E-state index in [-0.39, 0.29) is 18.9 Å². The molecule has 5 aromatic rings. The lowest BCUT2D eigenvalue weighted by atomic mass is 10.1. The van der Waals surface area contributed by atoms with Crippen molar-refractivity contribution in [3.8, 4) is 0 Å². The third-order valence-electron chi connectivity index (χ3n) is 5.45. The Balaban J connectivity index is 1.49. The first kappa shape index (κ1) is 20.2. The van der Waals surface area contributed by atoms with Gasteiger partial charge in [-0.1, -0.05) is 54.7 Å². The summed E-state index contributed by atoms with van der Waals surface area (Å²) in [7, 11) is 0. The molecule has 2 heterocycles. The number of hydrogen-bond acceptors (Lipinski definition) is 5. The van der Waals surface area contributed by atoms with Crippen LogP contribution in [0.5, 0.6) is 0 Å². The van der Waals surface area contributed by atoms with E-state index in [2.05, 4.69) is 6.92 Å². The maximum atomic E-state index is 13.5. The van der Waals surface area contributed by atoms with Crippen molar-refractivity contribution in [3.05, 3.63) is 88.9 Å². The second kappa shape index (κ2) is 8.43. The Bertz CT molecular complexity index is 1430. The van der Waals surface area contributed by atoms with Crippen LogP contribution in [0.25, 0.3) is 21.3 Å². The second-order valence-corrected chi connectivity index (χ2v) is 8.46. The Morgan fingerprint density at radius 1 is 1.03 bits per heavy atom. The summed E-state index contributed by atoms with van der Waals surface area (Å²) >= 11 is 1.47. The van der Waals surface area contributed by atoms with E-state index in [1.807, 2.05) is 66.7 Å². The SMILES string of the molecule is CCc1ccc(N(C(=O)CCn2c(=O)oc3ccccc32)c2nc3ccccc3s2)cc1. The van der Waals surface area contributed by atoms with E-state index in [0.717, 1.165) is 22.3 Å². The fraction of sp³-hybridized carbons (Fsp3) is 0.160. The zero-order chi connectivity index (χ0) is 22.1. The number of rotatable bonds is 6. The molecule has 160 valence electrons. The molecule has 0 unspecified atom stereocenters. The molecular formula is C25H21N3O3S. The number of benzene rings is 3.